The van der Waals surface area contributed by atoms with Crippen LogP contribution in [0.4, 0.5) is 0 Å². The highest BCUT2D eigenvalue weighted by Gasteiger charge is 2.49. The second kappa shape index (κ2) is 13.8. The minimum Gasteiger partial charge on any atom is -0.462 e. The molecule has 0 bridgehead atoms. The lowest BCUT2D eigenvalue weighted by Gasteiger charge is -2.49. The first kappa shape index (κ1) is 32.1. The van der Waals surface area contributed by atoms with E-state index in [4.69, 9.17) is 21.2 Å². The SMILES string of the molecule is CCOC(=O)c1ccc(CONC(=O)[C@@H]2c3ccccc3C(=O)N([C@H]3CCCC[C@@H]3NS(C)(=O)=O)[C@H]2c2ccc(Cl)cc2)s1. The van der Waals surface area contributed by atoms with Gasteiger partial charge in [-0.25, -0.2) is 23.4 Å². The molecule has 1 aliphatic carbocycles. The number of carbonyl (C=O) groups is 3. The topological polar surface area (TPSA) is 131 Å². The Balaban J connectivity index is 1.49. The summed E-state index contributed by atoms with van der Waals surface area (Å²) in [7, 11) is -3.57. The van der Waals surface area contributed by atoms with Crippen molar-refractivity contribution in [2.24, 2.45) is 0 Å². The molecule has 1 saturated carbocycles. The molecule has 2 amide bonds. The molecule has 10 nitrogen and oxygen atoms in total. The van der Waals surface area contributed by atoms with E-state index in [1.165, 1.54) is 11.3 Å². The van der Waals surface area contributed by atoms with Crippen molar-refractivity contribution in [2.75, 3.05) is 12.9 Å². The van der Waals surface area contributed by atoms with Crippen LogP contribution in [0.2, 0.25) is 5.02 Å². The predicted molar refractivity (Wildman–Crippen MR) is 167 cm³/mol. The van der Waals surface area contributed by atoms with Gasteiger partial charge in [0.2, 0.25) is 10.0 Å². The second-order valence-electron chi connectivity index (χ2n) is 10.9. The molecule has 2 N–H and O–H groups in total. The standard InChI is InChI=1S/C31H34ClN3O7S2/c1-3-41-31(38)26-17-16-21(43-26)18-42-33-29(36)27-22-8-4-5-9-23(22)30(37)35(28(27)19-12-14-20(32)15-13-19)25-11-7-6-10-24(25)34-44(2,39)40/h4-5,8-9,12-17,24-25,27-28,34H,3,6-7,10-11,18H2,1-2H3,(H,33,36)/t24-,25-,27+,28-/m0/s1. The van der Waals surface area contributed by atoms with Gasteiger partial charge in [0.15, 0.2) is 0 Å². The first-order chi connectivity index (χ1) is 21.1. The third-order valence-electron chi connectivity index (χ3n) is 7.85. The minimum atomic E-state index is -3.57. The van der Waals surface area contributed by atoms with E-state index in [0.717, 1.165) is 19.1 Å². The van der Waals surface area contributed by atoms with E-state index in [2.05, 4.69) is 10.2 Å². The van der Waals surface area contributed by atoms with Gasteiger partial charge in [0.05, 0.1) is 24.8 Å². The van der Waals surface area contributed by atoms with Crippen molar-refractivity contribution in [3.05, 3.63) is 92.1 Å². The van der Waals surface area contributed by atoms with Gasteiger partial charge in [0.25, 0.3) is 11.8 Å². The van der Waals surface area contributed by atoms with Crippen molar-refractivity contribution in [3.8, 4) is 0 Å². The number of amides is 2. The number of ether oxygens (including phenoxy) is 1. The Kier molecular flexibility index (Phi) is 10.1. The van der Waals surface area contributed by atoms with E-state index in [1.54, 1.807) is 72.5 Å². The van der Waals surface area contributed by atoms with Gasteiger partial charge in [0, 0.05) is 27.5 Å². The predicted octanol–water partition coefficient (Wildman–Crippen LogP) is 4.97. The fraction of sp³-hybridized carbons (Fsp3) is 0.387. The number of halogens is 1. The number of benzene rings is 2. The molecule has 0 unspecified atom stereocenters. The summed E-state index contributed by atoms with van der Waals surface area (Å²) in [5.41, 5.74) is 4.17. The third-order valence-corrected chi connectivity index (χ3v) is 9.87. The second-order valence-corrected chi connectivity index (χ2v) is 14.2. The Morgan fingerprint density at radius 2 is 1.77 bits per heavy atom. The fourth-order valence-electron chi connectivity index (χ4n) is 6.08. The van der Waals surface area contributed by atoms with Crippen LogP contribution in [-0.4, -0.2) is 56.0 Å². The Morgan fingerprint density at radius 3 is 2.50 bits per heavy atom. The molecule has 3 aromatic rings. The quantitative estimate of drug-likeness (QED) is 0.232. The van der Waals surface area contributed by atoms with Gasteiger partial charge in [-0.2, -0.15) is 0 Å². The van der Waals surface area contributed by atoms with Crippen LogP contribution in [0, 0.1) is 0 Å². The van der Waals surface area contributed by atoms with Gasteiger partial charge >= 0.3 is 5.97 Å². The number of carbonyl (C=O) groups excluding carboxylic acids is 3. The molecule has 2 aromatic carbocycles. The van der Waals surface area contributed by atoms with E-state index in [0.29, 0.717) is 44.3 Å². The largest absolute Gasteiger partial charge is 0.462 e. The van der Waals surface area contributed by atoms with Crippen molar-refractivity contribution in [1.29, 1.82) is 0 Å². The van der Waals surface area contributed by atoms with Gasteiger partial charge in [-0.1, -0.05) is 54.8 Å². The molecule has 13 heteroatoms. The van der Waals surface area contributed by atoms with Crippen molar-refractivity contribution < 1.29 is 32.4 Å². The zero-order valence-corrected chi connectivity index (χ0v) is 26.7. The summed E-state index contributed by atoms with van der Waals surface area (Å²) in [5, 5.41) is 0.500. The molecule has 1 aliphatic heterocycles. The molecule has 234 valence electrons. The summed E-state index contributed by atoms with van der Waals surface area (Å²) in [6.07, 6.45) is 3.86. The average Bonchev–Trinajstić information content (AvgIpc) is 3.46. The lowest BCUT2D eigenvalue weighted by molar-refractivity contribution is -0.138. The zero-order chi connectivity index (χ0) is 31.4. The molecular formula is C31H34ClN3O7S2. The number of nitrogens with zero attached hydrogens (tertiary/aromatic N) is 1. The van der Waals surface area contributed by atoms with Gasteiger partial charge in [-0.3, -0.25) is 14.4 Å². The monoisotopic (exact) mass is 659 g/mol. The number of rotatable bonds is 10. The summed E-state index contributed by atoms with van der Waals surface area (Å²) in [4.78, 5) is 48.8. The highest BCUT2D eigenvalue weighted by atomic mass is 35.5. The highest BCUT2D eigenvalue weighted by Crippen LogP contribution is 2.46. The number of thiophene rings is 1. The molecule has 0 saturated heterocycles. The Hall–Kier alpha value is -3.29. The Morgan fingerprint density at radius 1 is 1.05 bits per heavy atom. The first-order valence-corrected chi connectivity index (χ1v) is 17.5. The zero-order valence-electron chi connectivity index (χ0n) is 24.3. The summed E-state index contributed by atoms with van der Waals surface area (Å²) in [5.74, 6) is -2.05. The summed E-state index contributed by atoms with van der Waals surface area (Å²) >= 11 is 7.43. The number of hydrogen-bond donors (Lipinski definition) is 2. The van der Waals surface area contributed by atoms with Crippen molar-refractivity contribution >= 4 is 50.7 Å². The van der Waals surface area contributed by atoms with Crippen LogP contribution in [-0.2, 0) is 31.0 Å². The number of hydrogen-bond acceptors (Lipinski definition) is 8. The summed E-state index contributed by atoms with van der Waals surface area (Å²) in [6, 6.07) is 15.5. The maximum absolute atomic E-state index is 14.3. The fourth-order valence-corrected chi connectivity index (χ4v) is 7.85. The molecule has 1 aromatic heterocycles. The Bertz CT molecular complexity index is 1630. The number of hydroxylamine groups is 1. The van der Waals surface area contributed by atoms with Crippen molar-refractivity contribution in [2.45, 2.75) is 63.3 Å². The maximum atomic E-state index is 14.3. The maximum Gasteiger partial charge on any atom is 0.348 e. The van der Waals surface area contributed by atoms with Gasteiger partial charge in [0.1, 0.15) is 11.5 Å². The van der Waals surface area contributed by atoms with E-state index in [9.17, 15) is 22.8 Å². The average molecular weight is 660 g/mol. The molecule has 4 atom stereocenters. The van der Waals surface area contributed by atoms with Crippen LogP contribution in [0.15, 0.2) is 60.7 Å². The van der Waals surface area contributed by atoms with E-state index in [1.807, 2.05) is 0 Å². The van der Waals surface area contributed by atoms with Crippen LogP contribution < -0.4 is 10.2 Å². The molecule has 44 heavy (non-hydrogen) atoms. The van der Waals surface area contributed by atoms with Crippen LogP contribution >= 0.6 is 22.9 Å². The van der Waals surface area contributed by atoms with Crippen LogP contribution in [0.1, 0.15) is 80.6 Å². The van der Waals surface area contributed by atoms with Gasteiger partial charge in [-0.15, -0.1) is 11.3 Å². The summed E-state index contributed by atoms with van der Waals surface area (Å²) < 4.78 is 32.5. The van der Waals surface area contributed by atoms with E-state index in [-0.39, 0.29) is 19.1 Å². The number of nitrogens with one attached hydrogen (secondary N) is 2. The van der Waals surface area contributed by atoms with Gasteiger partial charge < -0.3 is 9.64 Å². The molecule has 2 aliphatic rings. The molecule has 0 radical (unpaired) electrons. The molecule has 5 rings (SSSR count). The van der Waals surface area contributed by atoms with Crippen LogP contribution in [0.3, 0.4) is 0 Å². The smallest absolute Gasteiger partial charge is 0.348 e. The van der Waals surface area contributed by atoms with Crippen molar-refractivity contribution in [3.63, 3.8) is 0 Å². The van der Waals surface area contributed by atoms with E-state index >= 15 is 0 Å². The number of fused-ring (bicyclic) bond motifs is 1. The first-order valence-electron chi connectivity index (χ1n) is 14.4. The van der Waals surface area contributed by atoms with Crippen molar-refractivity contribution in [1.82, 2.24) is 15.1 Å². The van der Waals surface area contributed by atoms with E-state index < -0.39 is 45.9 Å². The lowest BCUT2D eigenvalue weighted by Crippen LogP contribution is -2.59. The third kappa shape index (κ3) is 7.16. The molecule has 2 heterocycles. The van der Waals surface area contributed by atoms with Crippen LogP contribution in [0.5, 0.6) is 0 Å². The Labute approximate surface area is 265 Å². The highest BCUT2D eigenvalue weighted by molar-refractivity contribution is 7.88. The summed E-state index contributed by atoms with van der Waals surface area (Å²) in [6.45, 7) is 2.01. The number of esters is 1. The lowest BCUT2D eigenvalue weighted by atomic mass is 9.76. The van der Waals surface area contributed by atoms with Gasteiger partial charge in [-0.05, 0) is 61.2 Å². The minimum absolute atomic E-state index is 0.0153. The number of sulfonamides is 1. The molecular weight excluding hydrogens is 626 g/mol. The normalized spacial score (nSPS) is 21.9. The molecule has 1 fully saturated rings. The molecule has 0 spiro atoms. The van der Waals surface area contributed by atoms with Crippen LogP contribution in [0.25, 0.3) is 0 Å².